The molecule has 2 aliphatic rings. The van der Waals surface area contributed by atoms with Crippen molar-refractivity contribution in [1.82, 2.24) is 9.80 Å². The Morgan fingerprint density at radius 2 is 2.45 bits per heavy atom. The third kappa shape index (κ3) is 2.74. The molecule has 0 N–H and O–H groups in total. The molecule has 2 atom stereocenters. The fourth-order valence-corrected chi connectivity index (χ4v) is 3.61. The zero-order valence-corrected chi connectivity index (χ0v) is 12.5. The largest absolute Gasteiger partial charge is 0.383 e. The molecule has 1 aromatic rings. The van der Waals surface area contributed by atoms with Crippen LogP contribution in [0.3, 0.4) is 0 Å². The van der Waals surface area contributed by atoms with Crippen molar-refractivity contribution in [2.75, 3.05) is 46.5 Å². The molecular weight excluding hydrogens is 276 g/mol. The molecule has 0 spiro atoms. The lowest BCUT2D eigenvalue weighted by Gasteiger charge is -2.36. The molecule has 1 amide bonds. The van der Waals surface area contributed by atoms with Gasteiger partial charge in [0.2, 0.25) is 0 Å². The maximum atomic E-state index is 12.4. The molecule has 0 unspecified atom stereocenters. The second-order valence-corrected chi connectivity index (χ2v) is 6.01. The summed E-state index contributed by atoms with van der Waals surface area (Å²) in [6.07, 6.45) is 0.142. The minimum Gasteiger partial charge on any atom is -0.383 e. The van der Waals surface area contributed by atoms with Gasteiger partial charge in [0.15, 0.2) is 0 Å². The van der Waals surface area contributed by atoms with Crippen molar-refractivity contribution in [3.8, 4) is 0 Å². The zero-order valence-electron chi connectivity index (χ0n) is 11.7. The van der Waals surface area contributed by atoms with Crippen molar-refractivity contribution in [3.05, 3.63) is 22.4 Å². The maximum Gasteiger partial charge on any atom is 0.254 e. The molecule has 1 aromatic heterocycles. The third-order valence-electron chi connectivity index (χ3n) is 4.05. The first-order valence-electron chi connectivity index (χ1n) is 6.95. The topological polar surface area (TPSA) is 42.0 Å². The SMILES string of the molecule is COCCN1CCO[C@H]2CN(C(=O)c3ccsc3)C[C@H]21. The molecule has 3 heterocycles. The number of methoxy groups -OCH3 is 1. The summed E-state index contributed by atoms with van der Waals surface area (Å²) in [7, 11) is 1.72. The standard InChI is InChI=1S/C14H20N2O3S/c1-18-5-3-15-4-6-19-13-9-16(8-12(13)15)14(17)11-2-7-20-10-11/h2,7,10,12-13H,3-6,8-9H2,1H3/t12-,13+/m1/s1. The van der Waals surface area contributed by atoms with E-state index in [4.69, 9.17) is 9.47 Å². The molecule has 6 heteroatoms. The van der Waals surface area contributed by atoms with Crippen LogP contribution in [0.15, 0.2) is 16.8 Å². The van der Waals surface area contributed by atoms with Gasteiger partial charge in [0.05, 0.1) is 30.9 Å². The van der Waals surface area contributed by atoms with Crippen molar-refractivity contribution in [3.63, 3.8) is 0 Å². The normalized spacial score (nSPS) is 26.8. The van der Waals surface area contributed by atoms with E-state index in [2.05, 4.69) is 4.90 Å². The number of likely N-dealkylation sites (tertiary alicyclic amines) is 1. The first-order chi connectivity index (χ1) is 9.79. The van der Waals surface area contributed by atoms with E-state index in [1.807, 2.05) is 21.7 Å². The van der Waals surface area contributed by atoms with E-state index in [-0.39, 0.29) is 12.0 Å². The highest BCUT2D eigenvalue weighted by Crippen LogP contribution is 2.24. The Hall–Kier alpha value is -0.950. The fraction of sp³-hybridized carbons (Fsp3) is 0.643. The van der Waals surface area contributed by atoms with Gasteiger partial charge in [-0.25, -0.2) is 0 Å². The van der Waals surface area contributed by atoms with Crippen molar-refractivity contribution >= 4 is 17.2 Å². The van der Waals surface area contributed by atoms with Gasteiger partial charge in [0, 0.05) is 38.7 Å². The molecule has 2 saturated heterocycles. The Morgan fingerprint density at radius 1 is 1.55 bits per heavy atom. The van der Waals surface area contributed by atoms with Crippen molar-refractivity contribution in [2.24, 2.45) is 0 Å². The summed E-state index contributed by atoms with van der Waals surface area (Å²) in [6, 6.07) is 2.19. The van der Waals surface area contributed by atoms with Gasteiger partial charge in [-0.3, -0.25) is 9.69 Å². The van der Waals surface area contributed by atoms with E-state index >= 15 is 0 Å². The van der Waals surface area contributed by atoms with Gasteiger partial charge in [-0.05, 0) is 11.4 Å². The predicted molar refractivity (Wildman–Crippen MR) is 77.2 cm³/mol. The molecule has 20 heavy (non-hydrogen) atoms. The van der Waals surface area contributed by atoms with Gasteiger partial charge in [-0.15, -0.1) is 0 Å². The number of nitrogens with zero attached hydrogens (tertiary/aromatic N) is 2. The van der Waals surface area contributed by atoms with Crippen LogP contribution in [0.25, 0.3) is 0 Å². The van der Waals surface area contributed by atoms with Crippen LogP contribution < -0.4 is 0 Å². The van der Waals surface area contributed by atoms with E-state index in [0.29, 0.717) is 12.6 Å². The Labute approximate surface area is 123 Å². The van der Waals surface area contributed by atoms with E-state index in [9.17, 15) is 4.79 Å². The quantitative estimate of drug-likeness (QED) is 0.828. The molecule has 5 nitrogen and oxygen atoms in total. The summed E-state index contributed by atoms with van der Waals surface area (Å²) in [5.41, 5.74) is 0.789. The molecular formula is C14H20N2O3S. The number of ether oxygens (including phenoxy) is 2. The van der Waals surface area contributed by atoms with Gasteiger partial charge in [-0.2, -0.15) is 11.3 Å². The lowest BCUT2D eigenvalue weighted by molar-refractivity contribution is -0.0526. The number of morpholine rings is 1. The number of thiophene rings is 1. The van der Waals surface area contributed by atoms with Crippen LogP contribution in [0, 0.1) is 0 Å². The molecule has 0 bridgehead atoms. The number of carbonyl (C=O) groups is 1. The lowest BCUT2D eigenvalue weighted by atomic mass is 10.1. The molecule has 110 valence electrons. The van der Waals surface area contributed by atoms with Crippen molar-refractivity contribution < 1.29 is 14.3 Å². The molecule has 2 fully saturated rings. The monoisotopic (exact) mass is 296 g/mol. The van der Waals surface area contributed by atoms with Gasteiger partial charge in [-0.1, -0.05) is 0 Å². The highest BCUT2D eigenvalue weighted by atomic mass is 32.1. The highest BCUT2D eigenvalue weighted by molar-refractivity contribution is 7.08. The first kappa shape index (κ1) is 14.0. The summed E-state index contributed by atoms with van der Waals surface area (Å²) >= 11 is 1.56. The number of fused-ring (bicyclic) bond motifs is 1. The average Bonchev–Trinajstić information content (AvgIpc) is 3.12. The average molecular weight is 296 g/mol. The Bertz CT molecular complexity index is 451. The number of hydrogen-bond donors (Lipinski definition) is 0. The minimum atomic E-state index is 0.121. The molecule has 2 aliphatic heterocycles. The smallest absolute Gasteiger partial charge is 0.254 e. The van der Waals surface area contributed by atoms with E-state index in [1.165, 1.54) is 0 Å². The van der Waals surface area contributed by atoms with Gasteiger partial charge < -0.3 is 14.4 Å². The molecule has 0 radical (unpaired) electrons. The molecule has 0 saturated carbocycles. The van der Waals surface area contributed by atoms with Gasteiger partial charge in [0.25, 0.3) is 5.91 Å². The summed E-state index contributed by atoms with van der Waals surface area (Å²) in [5, 5.41) is 3.85. The van der Waals surface area contributed by atoms with Crippen LogP contribution in [0.4, 0.5) is 0 Å². The Balaban J connectivity index is 1.66. The number of rotatable bonds is 4. The number of hydrogen-bond acceptors (Lipinski definition) is 5. The summed E-state index contributed by atoms with van der Waals surface area (Å²) in [5.74, 6) is 0.121. The second kappa shape index (κ2) is 6.22. The minimum absolute atomic E-state index is 0.121. The molecule has 0 aromatic carbocycles. The van der Waals surface area contributed by atoms with Gasteiger partial charge >= 0.3 is 0 Å². The van der Waals surface area contributed by atoms with Crippen LogP contribution >= 0.6 is 11.3 Å². The first-order valence-corrected chi connectivity index (χ1v) is 7.90. The molecule has 0 aliphatic carbocycles. The zero-order chi connectivity index (χ0) is 13.9. The van der Waals surface area contributed by atoms with Gasteiger partial charge in [0.1, 0.15) is 0 Å². The van der Waals surface area contributed by atoms with Crippen LogP contribution in [-0.2, 0) is 9.47 Å². The van der Waals surface area contributed by atoms with Crippen LogP contribution in [0.1, 0.15) is 10.4 Å². The van der Waals surface area contributed by atoms with Crippen LogP contribution in [0.5, 0.6) is 0 Å². The third-order valence-corrected chi connectivity index (χ3v) is 4.74. The Kier molecular flexibility index (Phi) is 4.35. The Morgan fingerprint density at radius 3 is 3.20 bits per heavy atom. The highest BCUT2D eigenvalue weighted by Gasteiger charge is 2.41. The van der Waals surface area contributed by atoms with E-state index in [1.54, 1.807) is 18.4 Å². The number of amides is 1. The van der Waals surface area contributed by atoms with Crippen LogP contribution in [-0.4, -0.2) is 74.4 Å². The summed E-state index contributed by atoms with van der Waals surface area (Å²) in [6.45, 7) is 4.74. The summed E-state index contributed by atoms with van der Waals surface area (Å²) in [4.78, 5) is 16.7. The maximum absolute atomic E-state index is 12.4. The summed E-state index contributed by atoms with van der Waals surface area (Å²) < 4.78 is 11.0. The van der Waals surface area contributed by atoms with E-state index in [0.717, 1.165) is 38.4 Å². The predicted octanol–water partition coefficient (Wildman–Crippen LogP) is 0.920. The lowest BCUT2D eigenvalue weighted by Crippen LogP contribution is -2.51. The fourth-order valence-electron chi connectivity index (χ4n) is 2.98. The van der Waals surface area contributed by atoms with E-state index < -0.39 is 0 Å². The van der Waals surface area contributed by atoms with Crippen molar-refractivity contribution in [1.29, 1.82) is 0 Å². The van der Waals surface area contributed by atoms with Crippen molar-refractivity contribution in [2.45, 2.75) is 12.1 Å². The second-order valence-electron chi connectivity index (χ2n) is 5.23. The molecule has 3 rings (SSSR count). The number of carbonyl (C=O) groups excluding carboxylic acids is 1. The van der Waals surface area contributed by atoms with Crippen LogP contribution in [0.2, 0.25) is 0 Å².